The minimum absolute atomic E-state index is 0.0764. The molecule has 2 N–H and O–H groups in total. The molecule has 28 heavy (non-hydrogen) atoms. The number of methoxy groups -OCH3 is 1. The van der Waals surface area contributed by atoms with Crippen LogP contribution < -0.4 is 15.4 Å². The normalized spacial score (nSPS) is 15.5. The fourth-order valence-electron chi connectivity index (χ4n) is 3.17. The van der Waals surface area contributed by atoms with Crippen molar-refractivity contribution in [1.82, 2.24) is 10.2 Å². The van der Waals surface area contributed by atoms with Crippen molar-refractivity contribution in [2.75, 3.05) is 45.3 Å². The van der Waals surface area contributed by atoms with Gasteiger partial charge in [-0.3, -0.25) is 14.5 Å². The lowest BCUT2D eigenvalue weighted by atomic mass is 10.0. The van der Waals surface area contributed by atoms with Crippen LogP contribution in [-0.4, -0.2) is 56.7 Å². The molecule has 1 aliphatic heterocycles. The maximum absolute atomic E-state index is 12.3. The molecule has 0 spiro atoms. The van der Waals surface area contributed by atoms with Crippen molar-refractivity contribution in [3.05, 3.63) is 60.2 Å². The zero-order valence-electron chi connectivity index (χ0n) is 15.9. The maximum atomic E-state index is 12.3. The predicted molar refractivity (Wildman–Crippen MR) is 106 cm³/mol. The zero-order valence-corrected chi connectivity index (χ0v) is 15.9. The standard InChI is InChI=1S/C21H25N3O4/c1-27-18-9-5-6-16(14-18)19(24-10-12-28-13-11-24)15-22-20(25)21(26)23-17-7-3-2-4-8-17/h2-9,14,19H,10-13,15H2,1H3,(H,22,25)(H,23,26). The van der Waals surface area contributed by atoms with Gasteiger partial charge in [0.15, 0.2) is 0 Å². The van der Waals surface area contributed by atoms with Gasteiger partial charge in [0.1, 0.15) is 5.75 Å². The van der Waals surface area contributed by atoms with Crippen LogP contribution >= 0.6 is 0 Å². The lowest BCUT2D eigenvalue weighted by Gasteiger charge is -2.35. The van der Waals surface area contributed by atoms with E-state index >= 15 is 0 Å². The quantitative estimate of drug-likeness (QED) is 0.744. The third kappa shape index (κ3) is 5.31. The van der Waals surface area contributed by atoms with E-state index in [0.29, 0.717) is 25.4 Å². The molecule has 3 rings (SSSR count). The average Bonchev–Trinajstić information content (AvgIpc) is 2.75. The van der Waals surface area contributed by atoms with Crippen molar-refractivity contribution >= 4 is 17.5 Å². The van der Waals surface area contributed by atoms with Crippen LogP contribution in [0.5, 0.6) is 5.75 Å². The van der Waals surface area contributed by atoms with Crippen LogP contribution in [0, 0.1) is 0 Å². The minimum Gasteiger partial charge on any atom is -0.497 e. The SMILES string of the molecule is COc1cccc(C(CNC(=O)C(=O)Nc2ccccc2)N2CCOCC2)c1. The first kappa shape index (κ1) is 19.9. The van der Waals surface area contributed by atoms with Gasteiger partial charge in [0, 0.05) is 25.3 Å². The van der Waals surface area contributed by atoms with Gasteiger partial charge in [0.05, 0.1) is 26.4 Å². The Kier molecular flexibility index (Phi) is 7.00. The molecule has 1 aliphatic rings. The number of rotatable bonds is 6. The van der Waals surface area contributed by atoms with E-state index in [1.165, 1.54) is 0 Å². The Bertz CT molecular complexity index is 791. The molecule has 2 aromatic carbocycles. The number of hydrogen-bond donors (Lipinski definition) is 2. The van der Waals surface area contributed by atoms with Crippen molar-refractivity contribution in [3.63, 3.8) is 0 Å². The highest BCUT2D eigenvalue weighted by atomic mass is 16.5. The van der Waals surface area contributed by atoms with Gasteiger partial charge in [-0.1, -0.05) is 30.3 Å². The van der Waals surface area contributed by atoms with Gasteiger partial charge in [-0.05, 0) is 29.8 Å². The van der Waals surface area contributed by atoms with Crippen LogP contribution in [0.3, 0.4) is 0 Å². The van der Waals surface area contributed by atoms with Crippen molar-refractivity contribution in [2.24, 2.45) is 0 Å². The number of benzene rings is 2. The summed E-state index contributed by atoms with van der Waals surface area (Å²) in [6.07, 6.45) is 0. The maximum Gasteiger partial charge on any atom is 0.313 e. The number of carbonyl (C=O) groups is 2. The largest absolute Gasteiger partial charge is 0.497 e. The molecule has 0 saturated carbocycles. The average molecular weight is 383 g/mol. The Hall–Kier alpha value is -2.90. The summed E-state index contributed by atoms with van der Waals surface area (Å²) in [4.78, 5) is 26.7. The summed E-state index contributed by atoms with van der Waals surface area (Å²) in [5, 5.41) is 5.36. The second-order valence-electron chi connectivity index (χ2n) is 6.47. The summed E-state index contributed by atoms with van der Waals surface area (Å²) in [6.45, 7) is 3.11. The highest BCUT2D eigenvalue weighted by Gasteiger charge is 2.25. The molecular weight excluding hydrogens is 358 g/mol. The van der Waals surface area contributed by atoms with Crippen LogP contribution in [0.15, 0.2) is 54.6 Å². The fourth-order valence-corrected chi connectivity index (χ4v) is 3.17. The van der Waals surface area contributed by atoms with Crippen LogP contribution in [0.4, 0.5) is 5.69 Å². The summed E-state index contributed by atoms with van der Waals surface area (Å²) >= 11 is 0. The number of nitrogens with one attached hydrogen (secondary N) is 2. The fraction of sp³-hybridized carbons (Fsp3) is 0.333. The molecule has 148 valence electrons. The molecule has 1 unspecified atom stereocenters. The van der Waals surface area contributed by atoms with Gasteiger partial charge < -0.3 is 20.1 Å². The summed E-state index contributed by atoms with van der Waals surface area (Å²) in [6, 6.07) is 16.6. The number of carbonyl (C=O) groups excluding carboxylic acids is 2. The molecule has 7 nitrogen and oxygen atoms in total. The Balaban J connectivity index is 1.66. The lowest BCUT2D eigenvalue weighted by Crippen LogP contribution is -2.45. The predicted octanol–water partition coefficient (Wildman–Crippen LogP) is 1.82. The molecule has 1 atom stereocenters. The van der Waals surface area contributed by atoms with Crippen molar-refractivity contribution in [2.45, 2.75) is 6.04 Å². The first-order chi connectivity index (χ1) is 13.7. The minimum atomic E-state index is -0.683. The highest BCUT2D eigenvalue weighted by molar-refractivity contribution is 6.39. The van der Waals surface area contributed by atoms with E-state index in [1.54, 1.807) is 31.4 Å². The van der Waals surface area contributed by atoms with E-state index in [0.717, 1.165) is 24.4 Å². The third-order valence-electron chi connectivity index (χ3n) is 4.66. The molecule has 1 heterocycles. The smallest absolute Gasteiger partial charge is 0.313 e. The van der Waals surface area contributed by atoms with Gasteiger partial charge >= 0.3 is 11.8 Å². The molecule has 2 aromatic rings. The second-order valence-corrected chi connectivity index (χ2v) is 6.47. The monoisotopic (exact) mass is 383 g/mol. The van der Waals surface area contributed by atoms with Crippen LogP contribution in [0.2, 0.25) is 0 Å². The van der Waals surface area contributed by atoms with Crippen LogP contribution in [0.25, 0.3) is 0 Å². The molecule has 0 bridgehead atoms. The van der Waals surface area contributed by atoms with E-state index < -0.39 is 11.8 Å². The van der Waals surface area contributed by atoms with E-state index in [9.17, 15) is 9.59 Å². The number of amides is 2. The summed E-state index contributed by atoms with van der Waals surface area (Å²) in [5.74, 6) is -0.591. The zero-order chi connectivity index (χ0) is 19.8. The first-order valence-electron chi connectivity index (χ1n) is 9.27. The molecular formula is C21H25N3O4. The van der Waals surface area contributed by atoms with Gasteiger partial charge in [-0.15, -0.1) is 0 Å². The molecule has 2 amide bonds. The molecule has 0 radical (unpaired) electrons. The van der Waals surface area contributed by atoms with Crippen LogP contribution in [0.1, 0.15) is 11.6 Å². The van der Waals surface area contributed by atoms with E-state index in [1.807, 2.05) is 30.3 Å². The Morgan fingerprint density at radius 2 is 1.82 bits per heavy atom. The van der Waals surface area contributed by atoms with Crippen molar-refractivity contribution in [1.29, 1.82) is 0 Å². The number of nitrogens with zero attached hydrogens (tertiary/aromatic N) is 1. The first-order valence-corrected chi connectivity index (χ1v) is 9.27. The number of anilines is 1. The molecule has 0 aliphatic carbocycles. The molecule has 1 saturated heterocycles. The summed E-state index contributed by atoms with van der Waals surface area (Å²) in [5.41, 5.74) is 1.60. The highest BCUT2D eigenvalue weighted by Crippen LogP contribution is 2.24. The Morgan fingerprint density at radius 3 is 2.54 bits per heavy atom. The van der Waals surface area contributed by atoms with Crippen molar-refractivity contribution < 1.29 is 19.1 Å². The summed E-state index contributed by atoms with van der Waals surface area (Å²) in [7, 11) is 1.62. The van der Waals surface area contributed by atoms with E-state index in [-0.39, 0.29) is 6.04 Å². The molecule has 7 heteroatoms. The van der Waals surface area contributed by atoms with Crippen molar-refractivity contribution in [3.8, 4) is 5.75 Å². The van der Waals surface area contributed by atoms with Gasteiger partial charge in [0.2, 0.25) is 0 Å². The van der Waals surface area contributed by atoms with Gasteiger partial charge in [0.25, 0.3) is 0 Å². The Labute approximate surface area is 164 Å². The third-order valence-corrected chi connectivity index (χ3v) is 4.66. The van der Waals surface area contributed by atoms with E-state index in [4.69, 9.17) is 9.47 Å². The molecule has 1 fully saturated rings. The number of hydrogen-bond acceptors (Lipinski definition) is 5. The van der Waals surface area contributed by atoms with Gasteiger partial charge in [-0.25, -0.2) is 0 Å². The lowest BCUT2D eigenvalue weighted by molar-refractivity contribution is -0.136. The molecule has 0 aromatic heterocycles. The Morgan fingerprint density at radius 1 is 1.07 bits per heavy atom. The second kappa shape index (κ2) is 9.87. The van der Waals surface area contributed by atoms with Gasteiger partial charge in [-0.2, -0.15) is 0 Å². The number of morpholine rings is 1. The summed E-state index contributed by atoms with van der Waals surface area (Å²) < 4.78 is 10.8. The van der Waals surface area contributed by atoms with Crippen LogP contribution in [-0.2, 0) is 14.3 Å². The number of para-hydroxylation sites is 1. The number of ether oxygens (including phenoxy) is 2. The van der Waals surface area contributed by atoms with E-state index in [2.05, 4.69) is 15.5 Å². The topological polar surface area (TPSA) is 79.9 Å².